The Morgan fingerprint density at radius 2 is 1.77 bits per heavy atom. The molecule has 1 aromatic carbocycles. The minimum absolute atomic E-state index is 0.0895. The molecule has 2 N–H and O–H groups in total. The van der Waals surface area contributed by atoms with E-state index in [4.69, 9.17) is 0 Å². The van der Waals surface area contributed by atoms with Gasteiger partial charge in [-0.15, -0.1) is 0 Å². The largest absolute Gasteiger partial charge is 0.327 e. The number of carbonyl (C=O) groups excluding carboxylic acids is 1. The number of nitrogens with one attached hydrogen (secondary N) is 2. The van der Waals surface area contributed by atoms with Gasteiger partial charge in [0.15, 0.2) is 0 Å². The number of amides is 1. The molecule has 22 heavy (non-hydrogen) atoms. The van der Waals surface area contributed by atoms with Crippen LogP contribution in [0.25, 0.3) is 0 Å². The van der Waals surface area contributed by atoms with Crippen LogP contribution in [0.3, 0.4) is 0 Å². The van der Waals surface area contributed by atoms with E-state index in [-0.39, 0.29) is 16.1 Å². The zero-order valence-electron chi connectivity index (χ0n) is 12.0. The SMILES string of the molecule is CN(C)S(=O)(=O)c1ccc(C(=O)Nc2ccc[nH]c2=O)cc1. The molecule has 1 aromatic heterocycles. The fourth-order valence-electron chi connectivity index (χ4n) is 1.70. The molecule has 0 radical (unpaired) electrons. The molecule has 116 valence electrons. The molecule has 7 nitrogen and oxygen atoms in total. The van der Waals surface area contributed by atoms with Crippen LogP contribution >= 0.6 is 0 Å². The molecule has 0 unspecified atom stereocenters. The third-order valence-electron chi connectivity index (χ3n) is 2.96. The maximum Gasteiger partial charge on any atom is 0.271 e. The first kappa shape index (κ1) is 15.9. The number of H-pyrrole nitrogens is 1. The van der Waals surface area contributed by atoms with Gasteiger partial charge in [0.2, 0.25) is 10.0 Å². The molecule has 0 fully saturated rings. The third kappa shape index (κ3) is 3.23. The summed E-state index contributed by atoms with van der Waals surface area (Å²) in [7, 11) is -0.682. The number of aromatic nitrogens is 1. The highest BCUT2D eigenvalue weighted by atomic mass is 32.2. The number of aromatic amines is 1. The normalized spacial score (nSPS) is 11.4. The molecule has 0 bridgehead atoms. The smallest absolute Gasteiger partial charge is 0.271 e. The van der Waals surface area contributed by atoms with E-state index in [2.05, 4.69) is 10.3 Å². The van der Waals surface area contributed by atoms with Crippen LogP contribution in [0.15, 0.2) is 52.3 Å². The highest BCUT2D eigenvalue weighted by Gasteiger charge is 2.17. The lowest BCUT2D eigenvalue weighted by Crippen LogP contribution is -2.22. The van der Waals surface area contributed by atoms with Gasteiger partial charge in [0, 0.05) is 25.9 Å². The fourth-order valence-corrected chi connectivity index (χ4v) is 2.61. The van der Waals surface area contributed by atoms with Crippen LogP contribution in [-0.2, 0) is 10.0 Å². The molecule has 1 amide bonds. The van der Waals surface area contributed by atoms with Crippen LogP contribution in [-0.4, -0.2) is 37.7 Å². The zero-order valence-corrected chi connectivity index (χ0v) is 12.8. The summed E-state index contributed by atoms with van der Waals surface area (Å²) < 4.78 is 24.9. The van der Waals surface area contributed by atoms with E-state index in [0.717, 1.165) is 4.31 Å². The first-order valence-electron chi connectivity index (χ1n) is 6.34. The van der Waals surface area contributed by atoms with Crippen LogP contribution in [0, 0.1) is 0 Å². The second-order valence-corrected chi connectivity index (χ2v) is 6.83. The molecule has 0 saturated heterocycles. The monoisotopic (exact) mass is 321 g/mol. The summed E-state index contributed by atoms with van der Waals surface area (Å²) in [4.78, 5) is 26.1. The predicted octanol–water partition coefficient (Wildman–Crippen LogP) is 0.878. The average Bonchev–Trinajstić information content (AvgIpc) is 2.49. The lowest BCUT2D eigenvalue weighted by molar-refractivity contribution is 0.102. The van der Waals surface area contributed by atoms with E-state index < -0.39 is 21.5 Å². The van der Waals surface area contributed by atoms with Crippen LogP contribution in [0.2, 0.25) is 0 Å². The lowest BCUT2D eigenvalue weighted by Gasteiger charge is -2.11. The second kappa shape index (κ2) is 6.12. The van der Waals surface area contributed by atoms with Gasteiger partial charge in [0.05, 0.1) is 4.90 Å². The van der Waals surface area contributed by atoms with E-state index in [0.29, 0.717) is 0 Å². The van der Waals surface area contributed by atoms with Crippen LogP contribution in [0.4, 0.5) is 5.69 Å². The highest BCUT2D eigenvalue weighted by Crippen LogP contribution is 2.14. The molecular formula is C14H15N3O4S. The van der Waals surface area contributed by atoms with Crippen molar-refractivity contribution < 1.29 is 13.2 Å². The fraction of sp³-hybridized carbons (Fsp3) is 0.143. The van der Waals surface area contributed by atoms with Gasteiger partial charge in [0.25, 0.3) is 11.5 Å². The number of rotatable bonds is 4. The van der Waals surface area contributed by atoms with Crippen molar-refractivity contribution in [2.75, 3.05) is 19.4 Å². The Labute approximate surface area is 127 Å². The van der Waals surface area contributed by atoms with Crippen molar-refractivity contribution in [1.29, 1.82) is 0 Å². The number of hydrogen-bond acceptors (Lipinski definition) is 4. The second-order valence-electron chi connectivity index (χ2n) is 4.68. The van der Waals surface area contributed by atoms with Gasteiger partial charge in [-0.3, -0.25) is 9.59 Å². The minimum Gasteiger partial charge on any atom is -0.327 e. The van der Waals surface area contributed by atoms with Gasteiger partial charge in [-0.2, -0.15) is 0 Å². The Hall–Kier alpha value is -2.45. The van der Waals surface area contributed by atoms with E-state index >= 15 is 0 Å². The number of carbonyl (C=O) groups is 1. The Bertz CT molecular complexity index is 839. The molecule has 0 saturated carbocycles. The molecule has 0 aliphatic rings. The van der Waals surface area contributed by atoms with E-state index in [1.165, 1.54) is 50.6 Å². The topological polar surface area (TPSA) is 99.3 Å². The van der Waals surface area contributed by atoms with Crippen LogP contribution in [0.1, 0.15) is 10.4 Å². The van der Waals surface area contributed by atoms with Gasteiger partial charge < -0.3 is 10.3 Å². The molecule has 1 heterocycles. The summed E-state index contributed by atoms with van der Waals surface area (Å²) in [5, 5.41) is 2.46. The number of hydrogen-bond donors (Lipinski definition) is 2. The standard InChI is InChI=1S/C14H15N3O4S/c1-17(2)22(20,21)11-7-5-10(6-8-11)13(18)16-12-4-3-9-15-14(12)19/h3-9H,1-2H3,(H,15,19)(H,16,18). The van der Waals surface area contributed by atoms with Crippen LogP contribution < -0.4 is 10.9 Å². The molecule has 8 heteroatoms. The minimum atomic E-state index is -3.54. The van der Waals surface area contributed by atoms with Crippen molar-refractivity contribution in [3.8, 4) is 0 Å². The molecule has 2 rings (SSSR count). The molecule has 0 aliphatic heterocycles. The van der Waals surface area contributed by atoms with Crippen molar-refractivity contribution in [3.63, 3.8) is 0 Å². The third-order valence-corrected chi connectivity index (χ3v) is 4.79. The first-order valence-corrected chi connectivity index (χ1v) is 7.78. The summed E-state index contributed by atoms with van der Waals surface area (Å²) in [5.41, 5.74) is -0.0406. The van der Waals surface area contributed by atoms with Crippen molar-refractivity contribution in [3.05, 3.63) is 58.5 Å². The van der Waals surface area contributed by atoms with Gasteiger partial charge in [-0.25, -0.2) is 12.7 Å². The van der Waals surface area contributed by atoms with Crippen molar-refractivity contribution >= 4 is 21.6 Å². The number of sulfonamides is 1. The first-order chi connectivity index (χ1) is 10.3. The number of nitrogens with zero attached hydrogens (tertiary/aromatic N) is 1. The Morgan fingerprint density at radius 3 is 2.32 bits per heavy atom. The molecular weight excluding hydrogens is 306 g/mol. The Balaban J connectivity index is 2.23. The summed E-state index contributed by atoms with van der Waals surface area (Å²) in [6.45, 7) is 0. The summed E-state index contributed by atoms with van der Waals surface area (Å²) in [5.74, 6) is -0.495. The highest BCUT2D eigenvalue weighted by molar-refractivity contribution is 7.89. The predicted molar refractivity (Wildman–Crippen MR) is 82.3 cm³/mol. The molecule has 0 spiro atoms. The van der Waals surface area contributed by atoms with E-state index in [9.17, 15) is 18.0 Å². The van der Waals surface area contributed by atoms with Crippen molar-refractivity contribution in [1.82, 2.24) is 9.29 Å². The zero-order chi connectivity index (χ0) is 16.3. The van der Waals surface area contributed by atoms with E-state index in [1.54, 1.807) is 6.07 Å². The van der Waals surface area contributed by atoms with Gasteiger partial charge in [0.1, 0.15) is 5.69 Å². The summed E-state index contributed by atoms with van der Waals surface area (Å²) in [6, 6.07) is 8.54. The lowest BCUT2D eigenvalue weighted by atomic mass is 10.2. The average molecular weight is 321 g/mol. The Kier molecular flexibility index (Phi) is 4.43. The van der Waals surface area contributed by atoms with E-state index in [1.807, 2.05) is 0 Å². The van der Waals surface area contributed by atoms with Crippen LogP contribution in [0.5, 0.6) is 0 Å². The van der Waals surface area contributed by atoms with Gasteiger partial charge in [-0.05, 0) is 36.4 Å². The summed E-state index contributed by atoms with van der Waals surface area (Å²) in [6.07, 6.45) is 1.46. The quantitative estimate of drug-likeness (QED) is 0.873. The Morgan fingerprint density at radius 1 is 1.14 bits per heavy atom. The number of anilines is 1. The van der Waals surface area contributed by atoms with Crippen molar-refractivity contribution in [2.45, 2.75) is 4.90 Å². The number of pyridine rings is 1. The van der Waals surface area contributed by atoms with Crippen molar-refractivity contribution in [2.24, 2.45) is 0 Å². The molecule has 0 atom stereocenters. The summed E-state index contributed by atoms with van der Waals surface area (Å²) >= 11 is 0. The molecule has 2 aromatic rings. The van der Waals surface area contributed by atoms with Gasteiger partial charge in [-0.1, -0.05) is 0 Å². The van der Waals surface area contributed by atoms with Gasteiger partial charge >= 0.3 is 0 Å². The maximum atomic E-state index is 12.0. The maximum absolute atomic E-state index is 12.0. The molecule has 0 aliphatic carbocycles. The number of benzene rings is 1.